The third-order valence-corrected chi connectivity index (χ3v) is 5.53. The largest absolute Gasteiger partial charge is 0.457 e. The van der Waals surface area contributed by atoms with Crippen LogP contribution in [0, 0.1) is 5.92 Å². The van der Waals surface area contributed by atoms with Crippen LogP contribution in [-0.4, -0.2) is 21.6 Å². The first-order chi connectivity index (χ1) is 14.0. The van der Waals surface area contributed by atoms with Crippen molar-refractivity contribution in [2.75, 3.05) is 10.6 Å². The van der Waals surface area contributed by atoms with E-state index < -0.39 is 5.92 Å². The maximum Gasteiger partial charge on any atom is 0.237 e. The lowest BCUT2D eigenvalue weighted by Gasteiger charge is -2.27. The number of fused-ring (bicyclic) bond motifs is 3. The van der Waals surface area contributed by atoms with Crippen molar-refractivity contribution in [1.82, 2.24) is 9.78 Å². The molecule has 1 unspecified atom stereocenters. The Morgan fingerprint density at radius 3 is 2.41 bits per heavy atom. The molecule has 0 aliphatic carbocycles. The highest BCUT2D eigenvalue weighted by Crippen LogP contribution is 2.44. The van der Waals surface area contributed by atoms with E-state index in [1.54, 1.807) is 11.7 Å². The minimum Gasteiger partial charge on any atom is -0.457 e. The predicted molar refractivity (Wildman–Crippen MR) is 108 cm³/mol. The molecule has 3 aromatic rings. The van der Waals surface area contributed by atoms with Crippen LogP contribution in [0.2, 0.25) is 0 Å². The summed E-state index contributed by atoms with van der Waals surface area (Å²) in [5.74, 6) is 1.57. The summed E-state index contributed by atoms with van der Waals surface area (Å²) in [5, 5.41) is 10.3. The Labute approximate surface area is 167 Å². The van der Waals surface area contributed by atoms with Crippen molar-refractivity contribution in [2.24, 2.45) is 13.0 Å². The van der Waals surface area contributed by atoms with Crippen molar-refractivity contribution >= 4 is 23.5 Å². The monoisotopic (exact) mass is 388 g/mol. The first-order valence-electron chi connectivity index (χ1n) is 9.56. The standard InChI is InChI=1S/C22H20N4O3/c1-12-11-15-19(25-26(2)20(15)24-21(12)27)23-22(28)18-13-7-3-5-9-16(13)29-17-10-6-4-8-14(17)18/h3-10,12,18H,11H2,1-2H3,(H,24,27)(H,23,25,28). The Morgan fingerprint density at radius 2 is 1.76 bits per heavy atom. The van der Waals surface area contributed by atoms with E-state index in [1.165, 1.54) is 0 Å². The zero-order valence-electron chi connectivity index (χ0n) is 16.1. The Bertz CT molecular complexity index is 1110. The molecule has 1 atom stereocenters. The second-order valence-electron chi connectivity index (χ2n) is 7.49. The second-order valence-corrected chi connectivity index (χ2v) is 7.49. The van der Waals surface area contributed by atoms with E-state index in [2.05, 4.69) is 15.7 Å². The molecule has 2 aromatic carbocycles. The highest BCUT2D eigenvalue weighted by atomic mass is 16.5. The molecule has 3 heterocycles. The fourth-order valence-electron chi connectivity index (χ4n) is 4.04. The summed E-state index contributed by atoms with van der Waals surface area (Å²) in [6, 6.07) is 15.1. The Hall–Kier alpha value is -3.61. The van der Waals surface area contributed by atoms with Crippen molar-refractivity contribution in [3.8, 4) is 11.5 Å². The number of amides is 2. The highest BCUT2D eigenvalue weighted by Gasteiger charge is 2.34. The molecule has 0 saturated heterocycles. The number of para-hydroxylation sites is 2. The van der Waals surface area contributed by atoms with E-state index in [0.29, 0.717) is 29.6 Å². The minimum absolute atomic E-state index is 0.0364. The number of rotatable bonds is 2. The molecule has 2 amide bonds. The van der Waals surface area contributed by atoms with E-state index in [-0.39, 0.29) is 17.7 Å². The number of anilines is 2. The second kappa shape index (κ2) is 6.48. The number of benzene rings is 2. The van der Waals surface area contributed by atoms with Crippen LogP contribution in [0.3, 0.4) is 0 Å². The van der Waals surface area contributed by atoms with Gasteiger partial charge in [-0.2, -0.15) is 5.10 Å². The number of aromatic nitrogens is 2. The maximum atomic E-state index is 13.4. The number of nitrogens with one attached hydrogen (secondary N) is 2. The molecule has 29 heavy (non-hydrogen) atoms. The van der Waals surface area contributed by atoms with Gasteiger partial charge in [-0.3, -0.25) is 14.3 Å². The van der Waals surface area contributed by atoms with Gasteiger partial charge >= 0.3 is 0 Å². The summed E-state index contributed by atoms with van der Waals surface area (Å²) in [6.07, 6.45) is 0.533. The van der Waals surface area contributed by atoms with E-state index in [9.17, 15) is 9.59 Å². The Morgan fingerprint density at radius 1 is 1.14 bits per heavy atom. The average molecular weight is 388 g/mol. The summed E-state index contributed by atoms with van der Waals surface area (Å²) in [7, 11) is 1.75. The fraction of sp³-hybridized carbons (Fsp3) is 0.227. The van der Waals surface area contributed by atoms with Gasteiger partial charge in [0, 0.05) is 29.7 Å². The summed E-state index contributed by atoms with van der Waals surface area (Å²) in [4.78, 5) is 25.4. The molecular formula is C22H20N4O3. The maximum absolute atomic E-state index is 13.4. The van der Waals surface area contributed by atoms with Gasteiger partial charge in [0.05, 0.1) is 5.92 Å². The zero-order valence-corrected chi connectivity index (χ0v) is 16.1. The van der Waals surface area contributed by atoms with Gasteiger partial charge < -0.3 is 15.4 Å². The number of aryl methyl sites for hydroxylation is 1. The Kier molecular flexibility index (Phi) is 3.91. The summed E-state index contributed by atoms with van der Waals surface area (Å²) < 4.78 is 7.58. The molecule has 2 aliphatic heterocycles. The third kappa shape index (κ3) is 2.77. The first-order valence-corrected chi connectivity index (χ1v) is 9.56. The summed E-state index contributed by atoms with van der Waals surface area (Å²) >= 11 is 0. The van der Waals surface area contributed by atoms with Crippen LogP contribution in [0.15, 0.2) is 48.5 Å². The predicted octanol–water partition coefficient (Wildman–Crippen LogP) is 3.43. The number of hydrogen-bond acceptors (Lipinski definition) is 4. The van der Waals surface area contributed by atoms with Crippen molar-refractivity contribution in [1.29, 1.82) is 0 Å². The van der Waals surface area contributed by atoms with E-state index in [0.717, 1.165) is 16.7 Å². The first kappa shape index (κ1) is 17.5. The van der Waals surface area contributed by atoms with Crippen molar-refractivity contribution in [3.63, 3.8) is 0 Å². The van der Waals surface area contributed by atoms with Gasteiger partial charge in [0.25, 0.3) is 0 Å². The topological polar surface area (TPSA) is 85.2 Å². The highest BCUT2D eigenvalue weighted by molar-refractivity contribution is 6.01. The van der Waals surface area contributed by atoms with Crippen LogP contribution < -0.4 is 15.4 Å². The summed E-state index contributed by atoms with van der Waals surface area (Å²) in [6.45, 7) is 1.86. The SMILES string of the molecule is CC1Cc2c(NC(=O)C3c4ccccc4Oc4ccccc43)nn(C)c2NC1=O. The van der Waals surface area contributed by atoms with Crippen LogP contribution in [-0.2, 0) is 23.1 Å². The van der Waals surface area contributed by atoms with Crippen molar-refractivity contribution in [2.45, 2.75) is 19.3 Å². The molecule has 2 aliphatic rings. The van der Waals surface area contributed by atoms with Crippen LogP contribution in [0.1, 0.15) is 29.5 Å². The molecule has 146 valence electrons. The molecule has 7 heteroatoms. The van der Waals surface area contributed by atoms with Crippen LogP contribution in [0.4, 0.5) is 11.6 Å². The molecule has 0 bridgehead atoms. The summed E-state index contributed by atoms with van der Waals surface area (Å²) in [5.41, 5.74) is 2.48. The molecule has 1 aromatic heterocycles. The lowest BCUT2D eigenvalue weighted by atomic mass is 9.87. The minimum atomic E-state index is -0.510. The molecule has 0 fully saturated rings. The van der Waals surface area contributed by atoms with Crippen LogP contribution in [0.5, 0.6) is 11.5 Å². The van der Waals surface area contributed by atoms with Gasteiger partial charge in [-0.05, 0) is 18.6 Å². The number of hydrogen-bond donors (Lipinski definition) is 2. The zero-order chi connectivity index (χ0) is 20.1. The van der Waals surface area contributed by atoms with Crippen LogP contribution in [0.25, 0.3) is 0 Å². The quantitative estimate of drug-likeness (QED) is 0.704. The van der Waals surface area contributed by atoms with Gasteiger partial charge in [0.2, 0.25) is 11.8 Å². The number of ether oxygens (including phenoxy) is 1. The van der Waals surface area contributed by atoms with Gasteiger partial charge in [-0.25, -0.2) is 0 Å². The van der Waals surface area contributed by atoms with Crippen molar-refractivity contribution < 1.29 is 14.3 Å². The molecule has 7 nitrogen and oxygen atoms in total. The smallest absolute Gasteiger partial charge is 0.237 e. The lowest BCUT2D eigenvalue weighted by molar-refractivity contribution is -0.119. The molecule has 0 saturated carbocycles. The normalized spacial score (nSPS) is 17.4. The van der Waals surface area contributed by atoms with E-state index in [1.807, 2.05) is 55.5 Å². The molecule has 0 spiro atoms. The van der Waals surface area contributed by atoms with Gasteiger partial charge in [0.15, 0.2) is 5.82 Å². The van der Waals surface area contributed by atoms with Gasteiger partial charge in [0.1, 0.15) is 17.3 Å². The van der Waals surface area contributed by atoms with E-state index in [4.69, 9.17) is 4.74 Å². The van der Waals surface area contributed by atoms with Crippen LogP contribution >= 0.6 is 0 Å². The van der Waals surface area contributed by atoms with Gasteiger partial charge in [-0.1, -0.05) is 43.3 Å². The average Bonchev–Trinajstić information content (AvgIpc) is 3.00. The molecule has 0 radical (unpaired) electrons. The fourth-order valence-corrected chi connectivity index (χ4v) is 4.04. The van der Waals surface area contributed by atoms with E-state index >= 15 is 0 Å². The van der Waals surface area contributed by atoms with Gasteiger partial charge in [-0.15, -0.1) is 0 Å². The number of nitrogens with zero attached hydrogens (tertiary/aromatic N) is 2. The Balaban J connectivity index is 1.53. The van der Waals surface area contributed by atoms with Crippen molar-refractivity contribution in [3.05, 3.63) is 65.2 Å². The number of carbonyl (C=O) groups is 2. The third-order valence-electron chi connectivity index (χ3n) is 5.53. The molecule has 2 N–H and O–H groups in total. The number of carbonyl (C=O) groups excluding carboxylic acids is 2. The molecule has 5 rings (SSSR count). The lowest BCUT2D eigenvalue weighted by Crippen LogP contribution is -2.29. The molecular weight excluding hydrogens is 368 g/mol.